The number of hydrogen-bond donors (Lipinski definition) is 0. The fraction of sp³-hybridized carbons (Fsp3) is 0.467. The van der Waals surface area contributed by atoms with Crippen LogP contribution in [0.3, 0.4) is 0 Å². The van der Waals surface area contributed by atoms with Gasteiger partial charge < -0.3 is 9.64 Å². The van der Waals surface area contributed by atoms with Gasteiger partial charge in [-0.05, 0) is 18.6 Å². The fourth-order valence-electron chi connectivity index (χ4n) is 2.42. The number of anilines is 1. The van der Waals surface area contributed by atoms with Crippen molar-refractivity contribution >= 4 is 5.95 Å². The van der Waals surface area contributed by atoms with Gasteiger partial charge in [-0.1, -0.05) is 0 Å². The minimum absolute atomic E-state index is 0.0743. The molecular formula is C15H16F3N5O. The van der Waals surface area contributed by atoms with Crippen molar-refractivity contribution in [3.8, 4) is 6.01 Å². The molecule has 0 amide bonds. The smallest absolute Gasteiger partial charge is 0.433 e. The van der Waals surface area contributed by atoms with Gasteiger partial charge in [-0.3, -0.25) is 0 Å². The maximum absolute atomic E-state index is 12.7. The Labute approximate surface area is 136 Å². The minimum atomic E-state index is -4.47. The summed E-state index contributed by atoms with van der Waals surface area (Å²) in [5, 5.41) is 0. The Bertz CT molecular complexity index is 684. The Morgan fingerprint density at radius 1 is 1.12 bits per heavy atom. The molecular weight excluding hydrogens is 323 g/mol. The van der Waals surface area contributed by atoms with Crippen LogP contribution in [0, 0.1) is 6.92 Å². The fourth-order valence-corrected chi connectivity index (χ4v) is 2.42. The number of aryl methyl sites for hydroxylation is 1. The van der Waals surface area contributed by atoms with Gasteiger partial charge in [-0.15, -0.1) is 0 Å². The summed E-state index contributed by atoms with van der Waals surface area (Å²) >= 11 is 0. The van der Waals surface area contributed by atoms with Crippen molar-refractivity contribution in [2.24, 2.45) is 0 Å². The molecule has 0 radical (unpaired) electrons. The average molecular weight is 339 g/mol. The van der Waals surface area contributed by atoms with Gasteiger partial charge in [0.15, 0.2) is 0 Å². The van der Waals surface area contributed by atoms with Crippen molar-refractivity contribution in [2.45, 2.75) is 32.0 Å². The Hall–Kier alpha value is -2.45. The second-order valence-corrected chi connectivity index (χ2v) is 5.59. The molecule has 1 aliphatic heterocycles. The molecule has 9 heteroatoms. The van der Waals surface area contributed by atoms with Crippen LogP contribution in [0.4, 0.5) is 19.1 Å². The normalized spacial score (nSPS) is 16.2. The number of ether oxygens (including phenoxy) is 1. The summed E-state index contributed by atoms with van der Waals surface area (Å²) in [6.45, 7) is 2.91. The molecule has 24 heavy (non-hydrogen) atoms. The summed E-state index contributed by atoms with van der Waals surface area (Å²) in [7, 11) is 0. The quantitative estimate of drug-likeness (QED) is 0.857. The highest BCUT2D eigenvalue weighted by atomic mass is 19.4. The molecule has 2 aromatic heterocycles. The maximum atomic E-state index is 12.7. The van der Waals surface area contributed by atoms with Crippen LogP contribution in [0.2, 0.25) is 0 Å². The zero-order valence-electron chi connectivity index (χ0n) is 13.0. The lowest BCUT2D eigenvalue weighted by molar-refractivity contribution is -0.141. The summed E-state index contributed by atoms with van der Waals surface area (Å²) in [6.07, 6.45) is 1.21. The largest absolute Gasteiger partial charge is 0.460 e. The van der Waals surface area contributed by atoms with E-state index in [0.29, 0.717) is 31.9 Å². The first-order chi connectivity index (χ1) is 11.4. The molecule has 0 unspecified atom stereocenters. The van der Waals surface area contributed by atoms with E-state index in [1.165, 1.54) is 0 Å². The van der Waals surface area contributed by atoms with Crippen molar-refractivity contribution in [1.29, 1.82) is 0 Å². The molecule has 2 aromatic rings. The monoisotopic (exact) mass is 339 g/mol. The number of rotatable bonds is 3. The van der Waals surface area contributed by atoms with Crippen molar-refractivity contribution in [2.75, 3.05) is 18.0 Å². The van der Waals surface area contributed by atoms with Crippen LogP contribution in [0.25, 0.3) is 0 Å². The number of aromatic nitrogens is 4. The third kappa shape index (κ3) is 3.90. The van der Waals surface area contributed by atoms with E-state index in [1.54, 1.807) is 17.3 Å². The topological polar surface area (TPSA) is 64.0 Å². The number of nitrogens with zero attached hydrogens (tertiary/aromatic N) is 5. The highest BCUT2D eigenvalue weighted by Crippen LogP contribution is 2.28. The van der Waals surface area contributed by atoms with E-state index in [1.807, 2.05) is 6.92 Å². The lowest BCUT2D eigenvalue weighted by Crippen LogP contribution is -2.39. The Kier molecular flexibility index (Phi) is 4.50. The molecule has 0 aliphatic carbocycles. The summed E-state index contributed by atoms with van der Waals surface area (Å²) in [5.41, 5.74) is 0.0118. The van der Waals surface area contributed by atoms with E-state index in [0.717, 1.165) is 17.8 Å². The third-order valence-corrected chi connectivity index (χ3v) is 3.69. The van der Waals surface area contributed by atoms with E-state index >= 15 is 0 Å². The molecule has 6 nitrogen and oxygen atoms in total. The molecule has 1 aliphatic rings. The van der Waals surface area contributed by atoms with Crippen molar-refractivity contribution in [3.63, 3.8) is 0 Å². The summed E-state index contributed by atoms with van der Waals surface area (Å²) in [5.74, 6) is 0.0925. The molecule has 0 aromatic carbocycles. The van der Waals surface area contributed by atoms with E-state index in [9.17, 15) is 13.2 Å². The van der Waals surface area contributed by atoms with E-state index in [4.69, 9.17) is 4.74 Å². The van der Waals surface area contributed by atoms with Crippen LogP contribution in [-0.4, -0.2) is 39.1 Å². The van der Waals surface area contributed by atoms with Crippen LogP contribution < -0.4 is 9.64 Å². The third-order valence-electron chi connectivity index (χ3n) is 3.69. The lowest BCUT2D eigenvalue weighted by Gasteiger charge is -2.31. The molecule has 3 heterocycles. The second kappa shape index (κ2) is 6.58. The Morgan fingerprint density at radius 3 is 2.42 bits per heavy atom. The van der Waals surface area contributed by atoms with Crippen molar-refractivity contribution in [3.05, 3.63) is 35.9 Å². The van der Waals surface area contributed by atoms with Gasteiger partial charge in [0.2, 0.25) is 5.95 Å². The summed E-state index contributed by atoms with van der Waals surface area (Å²) < 4.78 is 43.9. The zero-order valence-corrected chi connectivity index (χ0v) is 13.0. The average Bonchev–Trinajstić information content (AvgIpc) is 2.57. The molecule has 0 atom stereocenters. The first-order valence-electron chi connectivity index (χ1n) is 7.52. The van der Waals surface area contributed by atoms with Crippen LogP contribution in [0.1, 0.15) is 24.1 Å². The van der Waals surface area contributed by atoms with Crippen LogP contribution >= 0.6 is 0 Å². The second-order valence-electron chi connectivity index (χ2n) is 5.59. The van der Waals surface area contributed by atoms with Crippen molar-refractivity contribution < 1.29 is 17.9 Å². The maximum Gasteiger partial charge on any atom is 0.433 e. The molecule has 0 bridgehead atoms. The molecule has 1 saturated heterocycles. The number of alkyl halides is 3. The molecule has 0 N–H and O–H groups in total. The molecule has 0 spiro atoms. The van der Waals surface area contributed by atoms with Gasteiger partial charge in [0.05, 0.1) is 0 Å². The first-order valence-corrected chi connectivity index (χ1v) is 7.52. The van der Waals surface area contributed by atoms with E-state index in [-0.39, 0.29) is 12.1 Å². The van der Waals surface area contributed by atoms with Gasteiger partial charge in [0.1, 0.15) is 11.8 Å². The van der Waals surface area contributed by atoms with Crippen LogP contribution in [0.5, 0.6) is 6.01 Å². The highest BCUT2D eigenvalue weighted by Gasteiger charge is 2.33. The summed E-state index contributed by atoms with van der Waals surface area (Å²) in [4.78, 5) is 17.5. The number of halogens is 3. The van der Waals surface area contributed by atoms with Gasteiger partial charge in [0, 0.05) is 44.5 Å². The van der Waals surface area contributed by atoms with Crippen LogP contribution in [-0.2, 0) is 6.18 Å². The summed E-state index contributed by atoms with van der Waals surface area (Å²) in [6, 6.07) is 1.18. The Balaban J connectivity index is 1.60. The van der Waals surface area contributed by atoms with Crippen LogP contribution in [0.15, 0.2) is 24.7 Å². The van der Waals surface area contributed by atoms with Gasteiger partial charge in [0.25, 0.3) is 0 Å². The van der Waals surface area contributed by atoms with Gasteiger partial charge in [-0.2, -0.15) is 13.2 Å². The molecule has 0 saturated carbocycles. The predicted octanol–water partition coefficient (Wildman–Crippen LogP) is 2.64. The van der Waals surface area contributed by atoms with Gasteiger partial charge in [-0.25, -0.2) is 19.9 Å². The van der Waals surface area contributed by atoms with Gasteiger partial charge >= 0.3 is 12.2 Å². The predicted molar refractivity (Wildman–Crippen MR) is 79.7 cm³/mol. The standard InChI is InChI=1S/C15H16F3N5O/c1-10-8-20-14(21-9-10)24-11-3-6-23(7-4-11)13-19-5-2-12(22-13)15(16,17)18/h2,5,8-9,11H,3-4,6-7H2,1H3. The van der Waals surface area contributed by atoms with E-state index in [2.05, 4.69) is 19.9 Å². The molecule has 128 valence electrons. The first kappa shape index (κ1) is 16.4. The number of hydrogen-bond acceptors (Lipinski definition) is 6. The Morgan fingerprint density at radius 2 is 1.79 bits per heavy atom. The minimum Gasteiger partial charge on any atom is -0.460 e. The zero-order chi connectivity index (χ0) is 17.2. The van der Waals surface area contributed by atoms with E-state index < -0.39 is 11.9 Å². The lowest BCUT2D eigenvalue weighted by atomic mass is 10.1. The highest BCUT2D eigenvalue weighted by molar-refractivity contribution is 5.31. The molecule has 3 rings (SSSR count). The molecule has 1 fully saturated rings. The van der Waals surface area contributed by atoms with Crippen molar-refractivity contribution in [1.82, 2.24) is 19.9 Å². The SMILES string of the molecule is Cc1cnc(OC2CCN(c3nccc(C(F)(F)F)n3)CC2)nc1. The number of piperidine rings is 1.